The SMILES string of the molecule is CCCCCCCCCCCCCCCC(=O)NCC(CC(C[N+](C)(C)C)OP(=O)(O)O)OCC. The van der Waals surface area contributed by atoms with Crippen LogP contribution < -0.4 is 5.32 Å². The summed E-state index contributed by atoms with van der Waals surface area (Å²) in [5.74, 6) is -0.00293. The molecule has 0 aliphatic carbocycles. The van der Waals surface area contributed by atoms with Crippen LogP contribution in [0.3, 0.4) is 0 Å². The Morgan fingerprint density at radius 1 is 0.829 bits per heavy atom. The maximum Gasteiger partial charge on any atom is 0.470 e. The Balaban J connectivity index is 4.05. The molecule has 0 saturated heterocycles. The summed E-state index contributed by atoms with van der Waals surface area (Å²) >= 11 is 0. The standard InChI is InChI=1S/C26H55N2O6P/c1-6-8-9-10-11-12-13-14-15-16-17-18-19-20-26(29)27-22-24(33-7-2)21-25(23-28(3,4)5)34-35(30,31)32/h24-25H,6-23H2,1-5H3,(H2-,27,29,30,31,32)/p+1. The molecule has 0 aliphatic heterocycles. The molecule has 3 N–H and O–H groups in total. The lowest BCUT2D eigenvalue weighted by Crippen LogP contribution is -2.45. The van der Waals surface area contributed by atoms with Crippen LogP contribution in [0.15, 0.2) is 0 Å². The molecule has 0 aromatic heterocycles. The van der Waals surface area contributed by atoms with E-state index in [4.69, 9.17) is 9.26 Å². The Morgan fingerprint density at radius 3 is 1.74 bits per heavy atom. The van der Waals surface area contributed by atoms with Gasteiger partial charge in [0, 0.05) is 26.0 Å². The van der Waals surface area contributed by atoms with Crippen molar-refractivity contribution in [1.29, 1.82) is 0 Å². The van der Waals surface area contributed by atoms with Crippen LogP contribution >= 0.6 is 7.82 Å². The van der Waals surface area contributed by atoms with Crippen molar-refractivity contribution in [1.82, 2.24) is 5.32 Å². The molecule has 0 radical (unpaired) electrons. The molecule has 0 spiro atoms. The molecule has 8 nitrogen and oxygen atoms in total. The van der Waals surface area contributed by atoms with Crippen molar-refractivity contribution in [3.05, 3.63) is 0 Å². The van der Waals surface area contributed by atoms with Crippen LogP contribution in [0.1, 0.15) is 110 Å². The maximum atomic E-state index is 12.3. The fourth-order valence-corrected chi connectivity index (χ4v) is 4.86. The van der Waals surface area contributed by atoms with Gasteiger partial charge in [-0.25, -0.2) is 4.57 Å². The Bertz CT molecular complexity index is 565. The maximum absolute atomic E-state index is 12.3. The molecule has 2 unspecified atom stereocenters. The second kappa shape index (κ2) is 20.5. The predicted octanol–water partition coefficient (Wildman–Crippen LogP) is 5.56. The Morgan fingerprint density at radius 2 is 1.31 bits per heavy atom. The lowest BCUT2D eigenvalue weighted by atomic mass is 10.0. The van der Waals surface area contributed by atoms with Gasteiger partial charge in [0.1, 0.15) is 12.6 Å². The van der Waals surface area contributed by atoms with Crippen LogP contribution in [0, 0.1) is 0 Å². The highest BCUT2D eigenvalue weighted by atomic mass is 31.2. The first kappa shape index (κ1) is 34.5. The number of hydrogen-bond acceptors (Lipinski definition) is 4. The van der Waals surface area contributed by atoms with Crippen LogP contribution in [-0.4, -0.2) is 73.2 Å². The normalized spacial score (nSPS) is 14.1. The van der Waals surface area contributed by atoms with Crippen molar-refractivity contribution in [3.63, 3.8) is 0 Å². The van der Waals surface area contributed by atoms with E-state index in [0.717, 1.165) is 12.8 Å². The number of phosphoric acid groups is 1. The lowest BCUT2D eigenvalue weighted by molar-refractivity contribution is -0.873. The number of hydrogen-bond donors (Lipinski definition) is 3. The molecule has 0 bridgehead atoms. The smallest absolute Gasteiger partial charge is 0.377 e. The van der Waals surface area contributed by atoms with Gasteiger partial charge >= 0.3 is 7.82 Å². The number of amides is 1. The zero-order valence-corrected chi connectivity index (χ0v) is 24.2. The topological polar surface area (TPSA) is 105 Å². The van der Waals surface area contributed by atoms with E-state index in [1.807, 2.05) is 28.1 Å². The summed E-state index contributed by atoms with van der Waals surface area (Å²) in [7, 11) is 1.19. The molecular formula is C26H56N2O6P+. The first-order valence-corrected chi connectivity index (χ1v) is 15.4. The van der Waals surface area contributed by atoms with Crippen LogP contribution in [-0.2, 0) is 18.6 Å². The number of ether oxygens (including phenoxy) is 1. The van der Waals surface area contributed by atoms with Crippen molar-refractivity contribution in [3.8, 4) is 0 Å². The van der Waals surface area contributed by atoms with Gasteiger partial charge in [0.15, 0.2) is 0 Å². The highest BCUT2D eigenvalue weighted by Gasteiger charge is 2.30. The van der Waals surface area contributed by atoms with E-state index in [1.54, 1.807) is 0 Å². The van der Waals surface area contributed by atoms with Crippen molar-refractivity contribution < 1.29 is 32.9 Å². The average molecular weight is 524 g/mol. The van der Waals surface area contributed by atoms with Gasteiger partial charge < -0.3 is 24.3 Å². The van der Waals surface area contributed by atoms with Crippen LogP contribution in [0.4, 0.5) is 0 Å². The molecule has 0 heterocycles. The number of nitrogens with zero attached hydrogens (tertiary/aromatic N) is 1. The summed E-state index contributed by atoms with van der Waals surface area (Å²) in [5.41, 5.74) is 0. The Kier molecular flexibility index (Phi) is 20.3. The summed E-state index contributed by atoms with van der Waals surface area (Å²) in [6.07, 6.45) is 16.3. The van der Waals surface area contributed by atoms with E-state index in [0.29, 0.717) is 37.0 Å². The van der Waals surface area contributed by atoms with Gasteiger partial charge in [0.25, 0.3) is 0 Å². The largest absolute Gasteiger partial charge is 0.470 e. The molecule has 0 fully saturated rings. The summed E-state index contributed by atoms with van der Waals surface area (Å²) in [6.45, 7) is 5.29. The minimum Gasteiger partial charge on any atom is -0.377 e. The molecule has 1 amide bonds. The number of rotatable bonds is 24. The predicted molar refractivity (Wildman–Crippen MR) is 143 cm³/mol. The molecule has 0 saturated carbocycles. The average Bonchev–Trinajstić information content (AvgIpc) is 2.73. The minimum atomic E-state index is -4.61. The van der Waals surface area contributed by atoms with E-state index in [1.165, 1.54) is 70.6 Å². The van der Waals surface area contributed by atoms with Gasteiger partial charge in [0.05, 0.1) is 27.2 Å². The van der Waals surface area contributed by atoms with Crippen molar-refractivity contribution in [2.75, 3.05) is 40.8 Å². The number of carbonyl (C=O) groups is 1. The van der Waals surface area contributed by atoms with Gasteiger partial charge in [-0.15, -0.1) is 0 Å². The molecule has 2 atom stereocenters. The van der Waals surface area contributed by atoms with Crippen LogP contribution in [0.25, 0.3) is 0 Å². The quantitative estimate of drug-likeness (QED) is 0.0869. The fraction of sp³-hybridized carbons (Fsp3) is 0.962. The fourth-order valence-electron chi connectivity index (χ4n) is 4.31. The van der Waals surface area contributed by atoms with Gasteiger partial charge in [-0.1, -0.05) is 84.0 Å². The number of unbranched alkanes of at least 4 members (excludes halogenated alkanes) is 12. The van der Waals surface area contributed by atoms with Crippen molar-refractivity contribution >= 4 is 13.7 Å². The molecule has 35 heavy (non-hydrogen) atoms. The van der Waals surface area contributed by atoms with Gasteiger partial charge in [-0.05, 0) is 13.3 Å². The van der Waals surface area contributed by atoms with E-state index < -0.39 is 13.9 Å². The molecule has 0 aliphatic rings. The zero-order valence-electron chi connectivity index (χ0n) is 23.3. The molecule has 210 valence electrons. The van der Waals surface area contributed by atoms with Crippen LogP contribution in [0.5, 0.6) is 0 Å². The van der Waals surface area contributed by atoms with E-state index >= 15 is 0 Å². The monoisotopic (exact) mass is 523 g/mol. The summed E-state index contributed by atoms with van der Waals surface area (Å²) < 4.78 is 22.6. The Hall–Kier alpha value is -0.500. The third-order valence-corrected chi connectivity index (χ3v) is 6.57. The first-order valence-electron chi connectivity index (χ1n) is 13.9. The molecule has 0 rings (SSSR count). The first-order chi connectivity index (χ1) is 16.5. The molecular weight excluding hydrogens is 467 g/mol. The third kappa shape index (κ3) is 25.0. The second-order valence-electron chi connectivity index (χ2n) is 10.8. The highest BCUT2D eigenvalue weighted by Crippen LogP contribution is 2.39. The summed E-state index contributed by atoms with van der Waals surface area (Å²) in [4.78, 5) is 30.8. The minimum absolute atomic E-state index is 0.00293. The van der Waals surface area contributed by atoms with Crippen molar-refractivity contribution in [2.24, 2.45) is 0 Å². The molecule has 0 aromatic rings. The zero-order chi connectivity index (χ0) is 26.6. The van der Waals surface area contributed by atoms with Crippen LogP contribution in [0.2, 0.25) is 0 Å². The van der Waals surface area contributed by atoms with E-state index in [-0.39, 0.29) is 12.0 Å². The summed E-state index contributed by atoms with van der Waals surface area (Å²) in [5, 5.41) is 2.92. The lowest BCUT2D eigenvalue weighted by Gasteiger charge is -2.31. The number of carbonyl (C=O) groups excluding carboxylic acids is 1. The number of nitrogens with one attached hydrogen (secondary N) is 1. The third-order valence-electron chi connectivity index (χ3n) is 6.00. The van der Waals surface area contributed by atoms with Gasteiger partial charge in [-0.2, -0.15) is 0 Å². The van der Waals surface area contributed by atoms with Gasteiger partial charge in [-0.3, -0.25) is 9.32 Å². The molecule has 0 aromatic carbocycles. The van der Waals surface area contributed by atoms with E-state index in [2.05, 4.69) is 12.2 Å². The van der Waals surface area contributed by atoms with Crippen molar-refractivity contribution in [2.45, 2.75) is 122 Å². The Labute approximate surface area is 215 Å². The second-order valence-corrected chi connectivity index (χ2v) is 12.0. The number of likely N-dealkylation sites (N-methyl/N-ethyl adjacent to an activating group) is 1. The van der Waals surface area contributed by atoms with E-state index in [9.17, 15) is 19.1 Å². The number of quaternary nitrogens is 1. The molecule has 9 heteroatoms. The summed E-state index contributed by atoms with van der Waals surface area (Å²) in [6, 6.07) is 0. The highest BCUT2D eigenvalue weighted by molar-refractivity contribution is 7.46. The van der Waals surface area contributed by atoms with Gasteiger partial charge in [0.2, 0.25) is 5.91 Å². The number of phosphoric ester groups is 1.